The zero-order valence-electron chi connectivity index (χ0n) is 11.7. The predicted octanol–water partition coefficient (Wildman–Crippen LogP) is 1.31. The molecule has 1 saturated heterocycles. The van der Waals surface area contributed by atoms with Crippen molar-refractivity contribution in [2.75, 3.05) is 26.4 Å². The summed E-state index contributed by atoms with van der Waals surface area (Å²) >= 11 is 5.93. The Morgan fingerprint density at radius 2 is 2.19 bits per heavy atom. The molecule has 6 nitrogen and oxygen atoms in total. The van der Waals surface area contributed by atoms with Crippen molar-refractivity contribution in [3.8, 4) is 5.75 Å². The van der Waals surface area contributed by atoms with E-state index in [1.807, 2.05) is 0 Å². The van der Waals surface area contributed by atoms with Crippen LogP contribution in [0.4, 0.5) is 5.69 Å². The van der Waals surface area contributed by atoms with Crippen LogP contribution in [0.2, 0.25) is 5.02 Å². The van der Waals surface area contributed by atoms with Crippen LogP contribution >= 0.6 is 24.0 Å². The fourth-order valence-electron chi connectivity index (χ4n) is 2.14. The topological polar surface area (TPSA) is 84.7 Å². The number of methoxy groups -OCH3 is 1. The number of nitrogens with one attached hydrogen (secondary N) is 1. The molecule has 0 bridgehead atoms. The molecule has 1 aromatic carbocycles. The molecule has 2 amide bonds. The van der Waals surface area contributed by atoms with E-state index >= 15 is 0 Å². The average molecular weight is 334 g/mol. The van der Waals surface area contributed by atoms with Crippen molar-refractivity contribution in [2.45, 2.75) is 12.5 Å². The second kappa shape index (κ2) is 6.87. The van der Waals surface area contributed by atoms with Gasteiger partial charge in [0.2, 0.25) is 5.91 Å². The summed E-state index contributed by atoms with van der Waals surface area (Å²) in [6.07, 6.45) is 0.299. The summed E-state index contributed by atoms with van der Waals surface area (Å²) in [5, 5.41) is 3.08. The fourth-order valence-corrected chi connectivity index (χ4v) is 2.30. The second-order valence-corrected chi connectivity index (χ2v) is 5.13. The number of nitrogen functional groups attached to an aromatic ring is 1. The van der Waals surface area contributed by atoms with Crippen LogP contribution < -0.4 is 15.8 Å². The first kappa shape index (κ1) is 17.4. The number of hydrogen-bond acceptors (Lipinski definition) is 4. The second-order valence-electron chi connectivity index (χ2n) is 4.72. The molecule has 1 aromatic rings. The van der Waals surface area contributed by atoms with E-state index in [1.54, 1.807) is 11.9 Å². The molecule has 116 valence electrons. The maximum Gasteiger partial charge on any atom is 0.255 e. The van der Waals surface area contributed by atoms with E-state index in [1.165, 1.54) is 19.2 Å². The quantitative estimate of drug-likeness (QED) is 0.817. The van der Waals surface area contributed by atoms with Gasteiger partial charge in [0, 0.05) is 26.1 Å². The number of hydrogen-bond donors (Lipinski definition) is 2. The summed E-state index contributed by atoms with van der Waals surface area (Å²) in [5.41, 5.74) is 6.31. The van der Waals surface area contributed by atoms with Crippen molar-refractivity contribution in [1.82, 2.24) is 10.2 Å². The third-order valence-electron chi connectivity index (χ3n) is 3.24. The monoisotopic (exact) mass is 333 g/mol. The number of benzene rings is 1. The average Bonchev–Trinajstić information content (AvgIpc) is 2.70. The fraction of sp³-hybridized carbons (Fsp3) is 0.385. The van der Waals surface area contributed by atoms with E-state index in [2.05, 4.69) is 5.32 Å². The number of halogens is 2. The third kappa shape index (κ3) is 3.71. The first-order chi connectivity index (χ1) is 9.42. The number of likely N-dealkylation sites (N-methyl/N-ethyl adjacent to an activating group) is 1. The molecule has 0 saturated carbocycles. The van der Waals surface area contributed by atoms with Gasteiger partial charge in [0.1, 0.15) is 5.75 Å². The Labute approximate surface area is 134 Å². The number of nitrogens with zero attached hydrogens (tertiary/aromatic N) is 1. The number of carbonyl (C=O) groups is 2. The lowest BCUT2D eigenvalue weighted by Crippen LogP contribution is -2.36. The molecule has 0 spiro atoms. The molecule has 0 radical (unpaired) electrons. The normalized spacial score (nSPS) is 17.4. The van der Waals surface area contributed by atoms with Gasteiger partial charge in [-0.2, -0.15) is 0 Å². The number of likely N-dealkylation sites (tertiary alicyclic amines) is 1. The molecular formula is C13H17Cl2N3O3. The summed E-state index contributed by atoms with van der Waals surface area (Å²) in [6.45, 7) is 0.496. The molecule has 1 aliphatic rings. The molecule has 1 unspecified atom stereocenters. The minimum absolute atomic E-state index is 0. The van der Waals surface area contributed by atoms with Crippen molar-refractivity contribution in [2.24, 2.45) is 0 Å². The van der Waals surface area contributed by atoms with Crippen LogP contribution in [0, 0.1) is 0 Å². The van der Waals surface area contributed by atoms with E-state index in [4.69, 9.17) is 22.1 Å². The number of rotatable bonds is 3. The lowest BCUT2D eigenvalue weighted by atomic mass is 10.1. The van der Waals surface area contributed by atoms with Crippen LogP contribution in [0.3, 0.4) is 0 Å². The van der Waals surface area contributed by atoms with Gasteiger partial charge < -0.3 is 20.7 Å². The summed E-state index contributed by atoms with van der Waals surface area (Å²) in [6, 6.07) is 2.76. The molecule has 1 fully saturated rings. The molecule has 2 rings (SSSR count). The molecule has 1 atom stereocenters. The first-order valence-electron chi connectivity index (χ1n) is 6.10. The smallest absolute Gasteiger partial charge is 0.255 e. The Hall–Kier alpha value is -1.66. The highest BCUT2D eigenvalue weighted by atomic mass is 35.5. The molecule has 3 N–H and O–H groups in total. The van der Waals surface area contributed by atoms with E-state index in [9.17, 15) is 9.59 Å². The van der Waals surface area contributed by atoms with Crippen molar-refractivity contribution < 1.29 is 14.3 Å². The summed E-state index contributed by atoms with van der Waals surface area (Å²) < 4.78 is 5.13. The van der Waals surface area contributed by atoms with Crippen LogP contribution in [0.15, 0.2) is 12.1 Å². The van der Waals surface area contributed by atoms with E-state index in [0.29, 0.717) is 30.0 Å². The molecule has 1 aliphatic heterocycles. The summed E-state index contributed by atoms with van der Waals surface area (Å²) in [7, 11) is 3.15. The maximum atomic E-state index is 12.2. The zero-order valence-corrected chi connectivity index (χ0v) is 13.3. The van der Waals surface area contributed by atoms with Gasteiger partial charge >= 0.3 is 0 Å². The lowest BCUT2D eigenvalue weighted by molar-refractivity contribution is -0.126. The maximum absolute atomic E-state index is 12.2. The highest BCUT2D eigenvalue weighted by Gasteiger charge is 2.28. The van der Waals surface area contributed by atoms with Gasteiger partial charge in [0.05, 0.1) is 29.4 Å². The van der Waals surface area contributed by atoms with E-state index in [0.717, 1.165) is 0 Å². The predicted molar refractivity (Wildman–Crippen MR) is 83.2 cm³/mol. The van der Waals surface area contributed by atoms with Gasteiger partial charge in [0.15, 0.2) is 0 Å². The summed E-state index contributed by atoms with van der Waals surface area (Å²) in [4.78, 5) is 25.3. The van der Waals surface area contributed by atoms with E-state index < -0.39 is 0 Å². The van der Waals surface area contributed by atoms with E-state index in [-0.39, 0.29) is 35.3 Å². The SMILES string of the molecule is COc1cc(N)c(Cl)cc1C(=O)NC1CC(=O)N(C)C1.Cl. The molecular weight excluding hydrogens is 317 g/mol. The first-order valence-corrected chi connectivity index (χ1v) is 6.48. The number of amides is 2. The minimum atomic E-state index is -0.336. The summed E-state index contributed by atoms with van der Waals surface area (Å²) in [5.74, 6) is 0.0246. The Kier molecular flexibility index (Phi) is 5.69. The van der Waals surface area contributed by atoms with Crippen molar-refractivity contribution >= 4 is 41.5 Å². The molecule has 1 heterocycles. The van der Waals surface area contributed by atoms with Gasteiger partial charge in [-0.3, -0.25) is 9.59 Å². The number of carbonyl (C=O) groups excluding carboxylic acids is 2. The van der Waals surface area contributed by atoms with Crippen molar-refractivity contribution in [3.63, 3.8) is 0 Å². The Bertz CT molecular complexity index is 566. The highest BCUT2D eigenvalue weighted by molar-refractivity contribution is 6.33. The Balaban J connectivity index is 0.00000220. The van der Waals surface area contributed by atoms with Crippen molar-refractivity contribution in [1.29, 1.82) is 0 Å². The van der Waals surface area contributed by atoms with Crippen LogP contribution in [-0.2, 0) is 4.79 Å². The number of ether oxygens (including phenoxy) is 1. The lowest BCUT2D eigenvalue weighted by Gasteiger charge is -2.15. The van der Waals surface area contributed by atoms with Gasteiger partial charge in [-0.15, -0.1) is 12.4 Å². The van der Waals surface area contributed by atoms with Gasteiger partial charge in [-0.25, -0.2) is 0 Å². The molecule has 21 heavy (non-hydrogen) atoms. The van der Waals surface area contributed by atoms with Gasteiger partial charge in [-0.05, 0) is 6.07 Å². The Morgan fingerprint density at radius 3 is 2.71 bits per heavy atom. The number of anilines is 1. The minimum Gasteiger partial charge on any atom is -0.496 e. The van der Waals surface area contributed by atoms with Crippen LogP contribution in [0.25, 0.3) is 0 Å². The number of nitrogens with two attached hydrogens (primary N) is 1. The molecule has 0 aromatic heterocycles. The van der Waals surface area contributed by atoms with Crippen LogP contribution in [0.1, 0.15) is 16.8 Å². The molecule has 0 aliphatic carbocycles. The third-order valence-corrected chi connectivity index (χ3v) is 3.57. The zero-order chi connectivity index (χ0) is 14.9. The van der Waals surface area contributed by atoms with Crippen LogP contribution in [0.5, 0.6) is 5.75 Å². The standard InChI is InChI=1S/C13H16ClN3O3.ClH/c1-17-6-7(3-12(17)18)16-13(19)8-4-9(14)10(15)5-11(8)20-2;/h4-5,7H,3,6,15H2,1-2H3,(H,16,19);1H. The largest absolute Gasteiger partial charge is 0.496 e. The van der Waals surface area contributed by atoms with Crippen LogP contribution in [-0.4, -0.2) is 43.5 Å². The van der Waals surface area contributed by atoms with Gasteiger partial charge in [0.25, 0.3) is 5.91 Å². The highest BCUT2D eigenvalue weighted by Crippen LogP contribution is 2.29. The Morgan fingerprint density at radius 1 is 1.52 bits per heavy atom. The van der Waals surface area contributed by atoms with Crippen molar-refractivity contribution in [3.05, 3.63) is 22.7 Å². The van der Waals surface area contributed by atoms with Gasteiger partial charge in [-0.1, -0.05) is 11.6 Å². The molecule has 8 heteroatoms.